The molecule has 2 N–H and O–H groups in total. The number of ether oxygens (including phenoxy) is 2. The lowest BCUT2D eigenvalue weighted by Gasteiger charge is -2.15. The molecule has 1 aromatic carbocycles. The number of furan rings is 1. The number of carboxylic acids is 1. The summed E-state index contributed by atoms with van der Waals surface area (Å²) >= 11 is 0. The van der Waals surface area contributed by atoms with Crippen LogP contribution in [0.25, 0.3) is 5.57 Å². The van der Waals surface area contributed by atoms with Crippen LogP contribution in [0, 0.1) is 6.92 Å². The van der Waals surface area contributed by atoms with E-state index in [2.05, 4.69) is 0 Å². The highest BCUT2D eigenvalue weighted by molar-refractivity contribution is 5.98. The van der Waals surface area contributed by atoms with Crippen molar-refractivity contribution < 1.29 is 33.7 Å². The van der Waals surface area contributed by atoms with Crippen molar-refractivity contribution in [2.24, 2.45) is 0 Å². The van der Waals surface area contributed by atoms with Gasteiger partial charge in [0.2, 0.25) is 0 Å². The third-order valence-corrected chi connectivity index (χ3v) is 4.51. The number of aromatic hydroxyl groups is 1. The van der Waals surface area contributed by atoms with Gasteiger partial charge in [0.15, 0.2) is 0 Å². The second-order valence-electron chi connectivity index (χ2n) is 5.97. The molecular formula is C19H18O7. The molecule has 2 aromatic rings. The normalized spacial score (nSPS) is 13.5. The Bertz CT molecular complexity index is 934. The molecule has 0 amide bonds. The van der Waals surface area contributed by atoms with Crippen molar-refractivity contribution in [2.45, 2.75) is 26.9 Å². The predicted octanol–water partition coefficient (Wildman–Crippen LogP) is 3.32. The highest BCUT2D eigenvalue weighted by atomic mass is 16.5. The molecule has 1 aliphatic heterocycles. The van der Waals surface area contributed by atoms with Crippen molar-refractivity contribution in [1.82, 2.24) is 0 Å². The van der Waals surface area contributed by atoms with E-state index in [0.717, 1.165) is 5.56 Å². The molecule has 0 bridgehead atoms. The third kappa shape index (κ3) is 2.71. The number of carbonyl (C=O) groups is 2. The highest BCUT2D eigenvalue weighted by Crippen LogP contribution is 2.42. The fraction of sp³-hybridized carbons (Fsp3) is 0.263. The zero-order chi connectivity index (χ0) is 19.0. The van der Waals surface area contributed by atoms with Gasteiger partial charge >= 0.3 is 11.9 Å². The molecule has 0 spiro atoms. The van der Waals surface area contributed by atoms with Gasteiger partial charge in [0, 0.05) is 11.1 Å². The van der Waals surface area contributed by atoms with Crippen molar-refractivity contribution in [3.05, 3.63) is 52.0 Å². The van der Waals surface area contributed by atoms with Crippen molar-refractivity contribution in [1.29, 1.82) is 0 Å². The van der Waals surface area contributed by atoms with E-state index in [1.54, 1.807) is 19.9 Å². The molecule has 26 heavy (non-hydrogen) atoms. The largest absolute Gasteiger partial charge is 0.507 e. The number of methoxy groups -OCH3 is 1. The summed E-state index contributed by atoms with van der Waals surface area (Å²) in [5, 5.41) is 19.8. The Balaban J connectivity index is 2.04. The second-order valence-corrected chi connectivity index (χ2v) is 5.97. The first-order valence-corrected chi connectivity index (χ1v) is 7.93. The summed E-state index contributed by atoms with van der Waals surface area (Å²) in [5.74, 6) is -1.11. The summed E-state index contributed by atoms with van der Waals surface area (Å²) in [7, 11) is 1.49. The van der Waals surface area contributed by atoms with Crippen LogP contribution in [-0.2, 0) is 17.8 Å². The van der Waals surface area contributed by atoms with Crippen LogP contribution in [0.4, 0.5) is 0 Å². The van der Waals surface area contributed by atoms with E-state index in [1.165, 1.54) is 19.4 Å². The van der Waals surface area contributed by atoms with Gasteiger partial charge in [0.05, 0.1) is 13.4 Å². The number of allylic oxidation sites excluding steroid dienone is 2. The maximum Gasteiger partial charge on any atom is 0.342 e. The quantitative estimate of drug-likeness (QED) is 0.790. The van der Waals surface area contributed by atoms with Gasteiger partial charge in [-0.1, -0.05) is 6.08 Å². The Hall–Kier alpha value is -3.22. The summed E-state index contributed by atoms with van der Waals surface area (Å²) in [4.78, 5) is 23.1. The Morgan fingerprint density at radius 1 is 1.42 bits per heavy atom. The van der Waals surface area contributed by atoms with Crippen molar-refractivity contribution >= 4 is 17.5 Å². The summed E-state index contributed by atoms with van der Waals surface area (Å²) in [5.41, 5.74) is 2.60. The Labute approximate surface area is 149 Å². The standard InChI is InChI=1S/C19H18O7/c1-9(16-12(18(21)22)6-7-25-16)4-5-11-15(20)14-13(8-26-19(14)23)10(2)17(11)24-3/h4,6-7,20H,5,8H2,1-3H3,(H,21,22). The molecule has 0 saturated carbocycles. The predicted molar refractivity (Wildman–Crippen MR) is 91.5 cm³/mol. The molecule has 7 heteroatoms. The van der Waals surface area contributed by atoms with E-state index in [4.69, 9.17) is 13.9 Å². The fourth-order valence-electron chi connectivity index (χ4n) is 3.16. The number of carbonyl (C=O) groups excluding carboxylic acids is 1. The highest BCUT2D eigenvalue weighted by Gasteiger charge is 2.31. The maximum absolute atomic E-state index is 11.9. The molecule has 0 unspecified atom stereocenters. The summed E-state index contributed by atoms with van der Waals surface area (Å²) in [6, 6.07) is 1.38. The summed E-state index contributed by atoms with van der Waals surface area (Å²) < 4.78 is 15.7. The average molecular weight is 358 g/mol. The van der Waals surface area contributed by atoms with Crippen LogP contribution in [-0.4, -0.2) is 29.3 Å². The molecule has 0 fully saturated rings. The van der Waals surface area contributed by atoms with E-state index in [1.807, 2.05) is 0 Å². The SMILES string of the molecule is COc1c(C)c2c(c(O)c1CC=C(C)c1occc1C(=O)O)C(=O)OC2. The number of hydrogen-bond acceptors (Lipinski definition) is 6. The number of phenolic OH excluding ortho intramolecular Hbond substituents is 1. The Morgan fingerprint density at radius 3 is 2.81 bits per heavy atom. The molecule has 0 radical (unpaired) electrons. The van der Waals surface area contributed by atoms with Crippen LogP contribution in [0.15, 0.2) is 22.8 Å². The molecule has 136 valence electrons. The third-order valence-electron chi connectivity index (χ3n) is 4.51. The Kier molecular flexibility index (Phi) is 4.46. The van der Waals surface area contributed by atoms with Gasteiger partial charge in [-0.05, 0) is 37.5 Å². The number of rotatable bonds is 5. The number of phenols is 1. The van der Waals surface area contributed by atoms with E-state index < -0.39 is 11.9 Å². The van der Waals surface area contributed by atoms with Crippen molar-refractivity contribution in [3.63, 3.8) is 0 Å². The number of cyclic esters (lactones) is 1. The summed E-state index contributed by atoms with van der Waals surface area (Å²) in [6.45, 7) is 3.62. The van der Waals surface area contributed by atoms with Gasteiger partial charge < -0.3 is 24.1 Å². The number of esters is 1. The number of hydrogen-bond donors (Lipinski definition) is 2. The molecule has 7 nitrogen and oxygen atoms in total. The molecule has 1 aromatic heterocycles. The summed E-state index contributed by atoms with van der Waals surface area (Å²) in [6.07, 6.45) is 3.25. The van der Waals surface area contributed by atoms with Crippen LogP contribution < -0.4 is 4.74 Å². The lowest BCUT2D eigenvalue weighted by atomic mass is 9.94. The molecule has 2 heterocycles. The van der Waals surface area contributed by atoms with Crippen LogP contribution in [0.5, 0.6) is 11.5 Å². The molecule has 3 rings (SSSR count). The topological polar surface area (TPSA) is 106 Å². The van der Waals surface area contributed by atoms with Gasteiger partial charge in [-0.15, -0.1) is 0 Å². The molecule has 0 saturated heterocycles. The van der Waals surface area contributed by atoms with Gasteiger partial charge in [-0.25, -0.2) is 9.59 Å². The number of benzene rings is 1. The first-order chi connectivity index (χ1) is 12.4. The zero-order valence-corrected chi connectivity index (χ0v) is 14.6. The lowest BCUT2D eigenvalue weighted by molar-refractivity contribution is 0.0532. The average Bonchev–Trinajstić information content (AvgIpc) is 3.23. The van der Waals surface area contributed by atoms with E-state index in [-0.39, 0.29) is 35.7 Å². The number of fused-ring (bicyclic) bond motifs is 1. The lowest BCUT2D eigenvalue weighted by Crippen LogP contribution is -2.03. The van der Waals surface area contributed by atoms with E-state index in [9.17, 15) is 19.8 Å². The zero-order valence-electron chi connectivity index (χ0n) is 14.6. The van der Waals surface area contributed by atoms with Crippen LogP contribution >= 0.6 is 0 Å². The fourth-order valence-corrected chi connectivity index (χ4v) is 3.16. The minimum absolute atomic E-state index is 0.0589. The van der Waals surface area contributed by atoms with Gasteiger partial charge in [-0.2, -0.15) is 0 Å². The first-order valence-electron chi connectivity index (χ1n) is 7.93. The number of aromatic carboxylic acids is 1. The molecule has 0 aliphatic carbocycles. The number of carboxylic acid groups (broad SMARTS) is 1. The van der Waals surface area contributed by atoms with Crippen LogP contribution in [0.2, 0.25) is 0 Å². The smallest absolute Gasteiger partial charge is 0.342 e. The second kappa shape index (κ2) is 6.59. The van der Waals surface area contributed by atoms with Crippen LogP contribution in [0.3, 0.4) is 0 Å². The maximum atomic E-state index is 11.9. The Morgan fingerprint density at radius 2 is 2.15 bits per heavy atom. The minimum atomic E-state index is -1.09. The van der Waals surface area contributed by atoms with Gasteiger partial charge in [0.25, 0.3) is 0 Å². The van der Waals surface area contributed by atoms with Gasteiger partial charge in [0.1, 0.15) is 35.0 Å². The molecule has 0 atom stereocenters. The van der Waals surface area contributed by atoms with E-state index >= 15 is 0 Å². The monoisotopic (exact) mass is 358 g/mol. The molecule has 1 aliphatic rings. The van der Waals surface area contributed by atoms with Gasteiger partial charge in [-0.3, -0.25) is 0 Å². The van der Waals surface area contributed by atoms with Crippen LogP contribution in [0.1, 0.15) is 50.1 Å². The molecular weight excluding hydrogens is 340 g/mol. The van der Waals surface area contributed by atoms with Crippen molar-refractivity contribution in [2.75, 3.05) is 7.11 Å². The first kappa shape index (κ1) is 17.6. The minimum Gasteiger partial charge on any atom is -0.507 e. The van der Waals surface area contributed by atoms with E-state index in [0.29, 0.717) is 22.4 Å². The van der Waals surface area contributed by atoms with Crippen molar-refractivity contribution in [3.8, 4) is 11.5 Å².